The highest BCUT2D eigenvalue weighted by molar-refractivity contribution is 7.99. The highest BCUT2D eigenvalue weighted by Gasteiger charge is 2.38. The van der Waals surface area contributed by atoms with Crippen LogP contribution in [0.2, 0.25) is 0 Å². The Balaban J connectivity index is 2.12. The molecule has 0 radical (unpaired) electrons. The van der Waals surface area contributed by atoms with E-state index >= 15 is 0 Å². The number of thioether (sulfide) groups is 1. The monoisotopic (exact) mass is 259 g/mol. The Morgan fingerprint density at radius 2 is 2.06 bits per heavy atom. The Kier molecular flexibility index (Phi) is 3.27. The number of aliphatic imine (C=N–C) groups is 1. The molecule has 2 nitrogen and oxygen atoms in total. The third kappa shape index (κ3) is 1.92. The van der Waals surface area contributed by atoms with Gasteiger partial charge in [-0.2, -0.15) is 4.99 Å². The molecule has 1 aliphatic carbocycles. The maximum Gasteiger partial charge on any atom is 0.235 e. The zero-order valence-corrected chi connectivity index (χ0v) is 11.3. The summed E-state index contributed by atoms with van der Waals surface area (Å²) < 4.78 is 0. The van der Waals surface area contributed by atoms with Crippen molar-refractivity contribution in [1.29, 1.82) is 0 Å². The summed E-state index contributed by atoms with van der Waals surface area (Å²) in [5, 5.41) is 0. The van der Waals surface area contributed by atoms with Gasteiger partial charge in [0.25, 0.3) is 0 Å². The van der Waals surface area contributed by atoms with Crippen molar-refractivity contribution in [3.63, 3.8) is 0 Å². The predicted molar refractivity (Wildman–Crippen MR) is 73.8 cm³/mol. The Labute approximate surface area is 112 Å². The van der Waals surface area contributed by atoms with Crippen LogP contribution in [0.3, 0.4) is 0 Å². The molecule has 0 atom stereocenters. The van der Waals surface area contributed by atoms with E-state index in [1.807, 2.05) is 17.8 Å². The topological polar surface area (TPSA) is 29.4 Å². The van der Waals surface area contributed by atoms with Crippen molar-refractivity contribution in [1.82, 2.24) is 0 Å². The van der Waals surface area contributed by atoms with Gasteiger partial charge in [0.15, 0.2) is 0 Å². The average Bonchev–Trinajstić information content (AvgIpc) is 2.88. The maximum atomic E-state index is 10.8. The van der Waals surface area contributed by atoms with Gasteiger partial charge < -0.3 is 0 Å². The van der Waals surface area contributed by atoms with Crippen LogP contribution >= 0.6 is 11.8 Å². The van der Waals surface area contributed by atoms with Gasteiger partial charge in [0.1, 0.15) is 0 Å². The number of hydrogen-bond acceptors (Lipinski definition) is 3. The van der Waals surface area contributed by atoms with E-state index < -0.39 is 0 Å². The summed E-state index contributed by atoms with van der Waals surface area (Å²) in [6.07, 6.45) is 8.53. The lowest BCUT2D eigenvalue weighted by atomic mass is 9.84. The highest BCUT2D eigenvalue weighted by Crippen LogP contribution is 2.46. The molecule has 94 valence electrons. The van der Waals surface area contributed by atoms with Gasteiger partial charge in [0.05, 0.1) is 5.54 Å². The van der Waals surface area contributed by atoms with Crippen molar-refractivity contribution in [3.8, 4) is 0 Å². The summed E-state index contributed by atoms with van der Waals surface area (Å²) in [4.78, 5) is 16.4. The molecule has 2 aliphatic rings. The smallest absolute Gasteiger partial charge is 0.211 e. The van der Waals surface area contributed by atoms with Crippen molar-refractivity contribution in [2.24, 2.45) is 4.99 Å². The van der Waals surface area contributed by atoms with E-state index in [1.54, 1.807) is 0 Å². The summed E-state index contributed by atoms with van der Waals surface area (Å²) in [5.41, 5.74) is 2.48. The van der Waals surface area contributed by atoms with E-state index in [2.05, 4.69) is 23.2 Å². The first kappa shape index (κ1) is 12.0. The van der Waals surface area contributed by atoms with E-state index in [1.165, 1.54) is 41.0 Å². The fourth-order valence-corrected chi connectivity index (χ4v) is 4.38. The second-order valence-corrected chi connectivity index (χ2v) is 6.31. The van der Waals surface area contributed by atoms with Crippen molar-refractivity contribution < 1.29 is 4.79 Å². The second kappa shape index (κ2) is 4.91. The van der Waals surface area contributed by atoms with Crippen LogP contribution in [0.5, 0.6) is 0 Å². The molecule has 3 heteroatoms. The Morgan fingerprint density at radius 3 is 2.83 bits per heavy atom. The lowest BCUT2D eigenvalue weighted by Crippen LogP contribution is -2.22. The molecule has 1 heterocycles. The first-order valence-corrected chi connectivity index (χ1v) is 7.68. The molecular weight excluding hydrogens is 242 g/mol. The molecule has 0 amide bonds. The molecule has 0 bridgehead atoms. The van der Waals surface area contributed by atoms with E-state index in [4.69, 9.17) is 0 Å². The second-order valence-electron chi connectivity index (χ2n) is 5.18. The van der Waals surface area contributed by atoms with Crippen LogP contribution in [0.4, 0.5) is 0 Å². The Bertz CT molecular complexity index is 499. The van der Waals surface area contributed by atoms with Crippen molar-refractivity contribution in [2.45, 2.75) is 49.0 Å². The summed E-state index contributed by atoms with van der Waals surface area (Å²) >= 11 is 1.94. The first-order chi connectivity index (χ1) is 8.86. The van der Waals surface area contributed by atoms with E-state index in [0.29, 0.717) is 0 Å². The van der Waals surface area contributed by atoms with Crippen molar-refractivity contribution >= 4 is 17.8 Å². The van der Waals surface area contributed by atoms with Crippen LogP contribution in [0.15, 0.2) is 28.1 Å². The largest absolute Gasteiger partial charge is 0.235 e. The minimum atomic E-state index is -0.259. The van der Waals surface area contributed by atoms with E-state index in [9.17, 15) is 4.79 Å². The number of carbonyl (C=O) groups excluding carboxylic acids is 1. The predicted octanol–water partition coefficient (Wildman–Crippen LogP) is 3.83. The molecule has 1 fully saturated rings. The standard InChI is InChI=1S/C15H17NOS/c17-11-16-15(8-1-2-9-15)13-6-3-7-14-12(13)5-4-10-18-14/h3,6-7H,1-2,4-5,8-10H2. The van der Waals surface area contributed by atoms with Crippen LogP contribution in [0.1, 0.15) is 43.2 Å². The SMILES string of the molecule is O=C=NC1(c2cccc3c2CCCS3)CCCC1. The van der Waals surface area contributed by atoms with E-state index in [0.717, 1.165) is 19.3 Å². The Morgan fingerprint density at radius 1 is 1.22 bits per heavy atom. The highest BCUT2D eigenvalue weighted by atomic mass is 32.2. The maximum absolute atomic E-state index is 10.8. The molecule has 0 N–H and O–H groups in total. The molecule has 1 aromatic rings. The number of benzene rings is 1. The minimum Gasteiger partial charge on any atom is -0.211 e. The van der Waals surface area contributed by atoms with Gasteiger partial charge in [-0.1, -0.05) is 25.0 Å². The number of isocyanates is 1. The summed E-state index contributed by atoms with van der Waals surface area (Å²) in [5.74, 6) is 1.21. The van der Waals surface area contributed by atoms with Gasteiger partial charge >= 0.3 is 0 Å². The van der Waals surface area contributed by atoms with Crippen molar-refractivity contribution in [2.75, 3.05) is 5.75 Å². The van der Waals surface area contributed by atoms with Gasteiger partial charge in [0.2, 0.25) is 6.08 Å². The first-order valence-electron chi connectivity index (χ1n) is 6.70. The average molecular weight is 259 g/mol. The minimum absolute atomic E-state index is 0.259. The van der Waals surface area contributed by atoms with Gasteiger partial charge in [-0.3, -0.25) is 0 Å². The summed E-state index contributed by atoms with van der Waals surface area (Å²) in [6, 6.07) is 6.50. The molecular formula is C15H17NOS. The summed E-state index contributed by atoms with van der Waals surface area (Å²) in [6.45, 7) is 0. The molecule has 0 spiro atoms. The molecule has 1 aromatic carbocycles. The van der Waals surface area contributed by atoms with Gasteiger partial charge in [-0.15, -0.1) is 11.8 Å². The molecule has 1 aliphatic heterocycles. The lowest BCUT2D eigenvalue weighted by Gasteiger charge is -2.28. The van der Waals surface area contributed by atoms with Gasteiger partial charge in [0, 0.05) is 4.90 Å². The number of fused-ring (bicyclic) bond motifs is 1. The Hall–Kier alpha value is -1.05. The van der Waals surface area contributed by atoms with Crippen LogP contribution < -0.4 is 0 Å². The summed E-state index contributed by atoms with van der Waals surface area (Å²) in [7, 11) is 0. The van der Waals surface area contributed by atoms with Crippen LogP contribution in [0.25, 0.3) is 0 Å². The van der Waals surface area contributed by atoms with Gasteiger partial charge in [-0.25, -0.2) is 4.79 Å². The van der Waals surface area contributed by atoms with Crippen molar-refractivity contribution in [3.05, 3.63) is 29.3 Å². The van der Waals surface area contributed by atoms with Gasteiger partial charge in [-0.05, 0) is 48.6 Å². The third-order valence-corrected chi connectivity index (χ3v) is 5.34. The molecule has 18 heavy (non-hydrogen) atoms. The molecule has 0 aromatic heterocycles. The fraction of sp³-hybridized carbons (Fsp3) is 0.533. The normalized spacial score (nSPS) is 21.1. The zero-order chi connectivity index (χ0) is 12.4. The number of hydrogen-bond donors (Lipinski definition) is 0. The molecule has 0 saturated heterocycles. The molecule has 3 rings (SSSR count). The number of rotatable bonds is 2. The van der Waals surface area contributed by atoms with E-state index in [-0.39, 0.29) is 5.54 Å². The molecule has 0 unspecified atom stereocenters. The van der Waals surface area contributed by atoms with Crippen LogP contribution in [-0.4, -0.2) is 11.8 Å². The lowest BCUT2D eigenvalue weighted by molar-refractivity contribution is 0.450. The van der Waals surface area contributed by atoms with Crippen LogP contribution in [-0.2, 0) is 16.8 Å². The zero-order valence-electron chi connectivity index (χ0n) is 10.4. The third-order valence-electron chi connectivity index (χ3n) is 4.15. The van der Waals surface area contributed by atoms with Crippen LogP contribution in [0, 0.1) is 0 Å². The fourth-order valence-electron chi connectivity index (χ4n) is 3.31. The quantitative estimate of drug-likeness (QED) is 0.596. The number of nitrogens with zero attached hydrogens (tertiary/aromatic N) is 1. The molecule has 1 saturated carbocycles.